The van der Waals surface area contributed by atoms with Crippen molar-refractivity contribution in [3.8, 4) is 11.5 Å². The summed E-state index contributed by atoms with van der Waals surface area (Å²) in [6.07, 6.45) is 5.42. The summed E-state index contributed by atoms with van der Waals surface area (Å²) in [7, 11) is 3.14. The average Bonchev–Trinajstić information content (AvgIpc) is 3.06. The molecular weight excluding hydrogens is 438 g/mol. The first kappa shape index (κ1) is 20.7. The molecule has 6 nitrogen and oxygen atoms in total. The van der Waals surface area contributed by atoms with Crippen molar-refractivity contribution in [2.24, 2.45) is 0 Å². The fraction of sp³-hybridized carbons (Fsp3) is 0.353. The van der Waals surface area contributed by atoms with Gasteiger partial charge in [-0.25, -0.2) is 0 Å². The Hall–Kier alpha value is -1.58. The number of nitrogens with one attached hydrogen (secondary N) is 1. The Kier molecular flexibility index (Phi) is 8.40. The van der Waals surface area contributed by atoms with E-state index >= 15 is 0 Å². The molecule has 0 fully saturated rings. The number of ether oxygens (including phenoxy) is 2. The SMILES string of the molecule is CCCCSc1nnc(NC(=O)/C=C/c2cc(Br)c(OC)c(OC)c2)s1. The summed E-state index contributed by atoms with van der Waals surface area (Å²) in [4.78, 5) is 12.1. The minimum absolute atomic E-state index is 0.267. The van der Waals surface area contributed by atoms with Crippen LogP contribution in [0.4, 0.5) is 5.13 Å². The van der Waals surface area contributed by atoms with Crippen LogP contribution >= 0.6 is 39.0 Å². The molecule has 0 unspecified atom stereocenters. The second-order valence-corrected chi connectivity index (χ2v) is 8.31. The molecule has 1 aromatic carbocycles. The summed E-state index contributed by atoms with van der Waals surface area (Å²) < 4.78 is 12.2. The summed E-state index contributed by atoms with van der Waals surface area (Å²) in [5, 5.41) is 11.3. The first-order valence-electron chi connectivity index (χ1n) is 7.94. The minimum atomic E-state index is -0.267. The van der Waals surface area contributed by atoms with Gasteiger partial charge in [0.2, 0.25) is 11.0 Å². The highest BCUT2D eigenvalue weighted by atomic mass is 79.9. The van der Waals surface area contributed by atoms with E-state index in [1.807, 2.05) is 6.07 Å². The van der Waals surface area contributed by atoms with Crippen molar-refractivity contribution in [2.75, 3.05) is 25.3 Å². The van der Waals surface area contributed by atoms with E-state index < -0.39 is 0 Å². The maximum atomic E-state index is 12.1. The number of rotatable bonds is 9. The van der Waals surface area contributed by atoms with E-state index in [9.17, 15) is 4.79 Å². The van der Waals surface area contributed by atoms with Gasteiger partial charge in [0.15, 0.2) is 15.8 Å². The van der Waals surface area contributed by atoms with Crippen molar-refractivity contribution < 1.29 is 14.3 Å². The van der Waals surface area contributed by atoms with Crippen molar-refractivity contribution in [2.45, 2.75) is 24.1 Å². The van der Waals surface area contributed by atoms with Gasteiger partial charge in [-0.3, -0.25) is 10.1 Å². The lowest BCUT2D eigenvalue weighted by atomic mass is 10.2. The zero-order valence-corrected chi connectivity index (χ0v) is 18.0. The van der Waals surface area contributed by atoms with Crippen molar-refractivity contribution in [1.29, 1.82) is 0 Å². The molecule has 0 aliphatic carbocycles. The molecule has 0 saturated heterocycles. The molecular formula is C17H20BrN3O3S2. The summed E-state index contributed by atoms with van der Waals surface area (Å²) in [6.45, 7) is 2.15. The zero-order valence-electron chi connectivity index (χ0n) is 14.7. The van der Waals surface area contributed by atoms with Gasteiger partial charge in [0.05, 0.1) is 18.7 Å². The fourth-order valence-electron chi connectivity index (χ4n) is 1.98. The number of unbranched alkanes of at least 4 members (excludes halogenated alkanes) is 1. The Morgan fingerprint density at radius 2 is 2.15 bits per heavy atom. The first-order chi connectivity index (χ1) is 12.6. The van der Waals surface area contributed by atoms with Gasteiger partial charge >= 0.3 is 0 Å². The van der Waals surface area contributed by atoms with Crippen LogP contribution < -0.4 is 14.8 Å². The van der Waals surface area contributed by atoms with Crippen LogP contribution in [-0.4, -0.2) is 36.1 Å². The van der Waals surface area contributed by atoms with Gasteiger partial charge in [-0.15, -0.1) is 10.2 Å². The lowest BCUT2D eigenvalue weighted by Gasteiger charge is -2.10. The number of hydrogen-bond donors (Lipinski definition) is 1. The minimum Gasteiger partial charge on any atom is -0.493 e. The number of methoxy groups -OCH3 is 2. The smallest absolute Gasteiger partial charge is 0.250 e. The van der Waals surface area contributed by atoms with Gasteiger partial charge in [-0.2, -0.15) is 0 Å². The van der Waals surface area contributed by atoms with Crippen LogP contribution in [-0.2, 0) is 4.79 Å². The largest absolute Gasteiger partial charge is 0.493 e. The summed E-state index contributed by atoms with van der Waals surface area (Å²) in [6, 6.07) is 3.64. The Labute approximate surface area is 169 Å². The van der Waals surface area contributed by atoms with E-state index in [-0.39, 0.29) is 5.91 Å². The zero-order chi connectivity index (χ0) is 18.9. The van der Waals surface area contributed by atoms with Crippen LogP contribution in [0.2, 0.25) is 0 Å². The van der Waals surface area contributed by atoms with E-state index in [1.165, 1.54) is 17.4 Å². The Morgan fingerprint density at radius 1 is 1.35 bits per heavy atom. The van der Waals surface area contributed by atoms with Crippen LogP contribution in [0.25, 0.3) is 6.08 Å². The third-order valence-electron chi connectivity index (χ3n) is 3.24. The maximum Gasteiger partial charge on any atom is 0.250 e. The van der Waals surface area contributed by atoms with Crippen molar-refractivity contribution >= 4 is 56.1 Å². The topological polar surface area (TPSA) is 73.3 Å². The summed E-state index contributed by atoms with van der Waals surface area (Å²) in [5.41, 5.74) is 0.803. The van der Waals surface area contributed by atoms with Crippen LogP contribution in [0, 0.1) is 0 Å². The molecule has 1 N–H and O–H groups in total. The van der Waals surface area contributed by atoms with Crippen molar-refractivity contribution in [1.82, 2.24) is 10.2 Å². The average molecular weight is 458 g/mol. The van der Waals surface area contributed by atoms with E-state index in [1.54, 1.807) is 38.1 Å². The Morgan fingerprint density at radius 3 is 2.85 bits per heavy atom. The second-order valence-electron chi connectivity index (χ2n) is 5.14. The standard InChI is InChI=1S/C17H20BrN3O3S2/c1-4-5-8-25-17-21-20-16(26-17)19-14(22)7-6-11-9-12(18)15(24-3)13(10-11)23-2/h6-7,9-10H,4-5,8H2,1-3H3,(H,19,20,22)/b7-6+. The highest BCUT2D eigenvalue weighted by Crippen LogP contribution is 2.36. The van der Waals surface area contributed by atoms with E-state index in [2.05, 4.69) is 38.4 Å². The number of carbonyl (C=O) groups is 1. The molecule has 0 saturated carbocycles. The molecule has 0 radical (unpaired) electrons. The molecule has 0 spiro atoms. The Bertz CT molecular complexity index is 781. The van der Waals surface area contributed by atoms with E-state index in [0.717, 1.165) is 33.0 Å². The lowest BCUT2D eigenvalue weighted by Crippen LogP contribution is -2.07. The van der Waals surface area contributed by atoms with Gasteiger partial charge in [0.1, 0.15) is 0 Å². The third-order valence-corrected chi connectivity index (χ3v) is 5.89. The maximum absolute atomic E-state index is 12.1. The van der Waals surface area contributed by atoms with Gasteiger partial charge in [-0.1, -0.05) is 36.4 Å². The van der Waals surface area contributed by atoms with Crippen molar-refractivity contribution in [3.63, 3.8) is 0 Å². The summed E-state index contributed by atoms with van der Waals surface area (Å²) in [5.74, 6) is 1.93. The van der Waals surface area contributed by atoms with Gasteiger partial charge in [0, 0.05) is 11.8 Å². The molecule has 9 heteroatoms. The number of halogens is 1. The van der Waals surface area contributed by atoms with Gasteiger partial charge in [0.25, 0.3) is 0 Å². The summed E-state index contributed by atoms with van der Waals surface area (Å²) >= 11 is 6.46. The highest BCUT2D eigenvalue weighted by Gasteiger charge is 2.10. The molecule has 0 bridgehead atoms. The molecule has 2 aromatic rings. The number of benzene rings is 1. The number of hydrogen-bond acceptors (Lipinski definition) is 7. The number of thioether (sulfide) groups is 1. The third kappa shape index (κ3) is 6.00. The Balaban J connectivity index is 1.98. The predicted octanol–water partition coefficient (Wildman–Crippen LogP) is 4.86. The van der Waals surface area contributed by atoms with Gasteiger partial charge < -0.3 is 9.47 Å². The number of carbonyl (C=O) groups excluding carboxylic acids is 1. The molecule has 0 atom stereocenters. The number of amides is 1. The van der Waals surface area contributed by atoms with E-state index in [0.29, 0.717) is 16.6 Å². The molecule has 140 valence electrons. The van der Waals surface area contributed by atoms with Crippen LogP contribution in [0.15, 0.2) is 27.0 Å². The molecule has 1 aromatic heterocycles. The number of anilines is 1. The monoisotopic (exact) mass is 457 g/mol. The van der Waals surface area contributed by atoms with E-state index in [4.69, 9.17) is 9.47 Å². The molecule has 0 aliphatic rings. The van der Waals surface area contributed by atoms with Crippen LogP contribution in [0.1, 0.15) is 25.3 Å². The molecule has 1 amide bonds. The molecule has 0 aliphatic heterocycles. The predicted molar refractivity (Wildman–Crippen MR) is 110 cm³/mol. The quantitative estimate of drug-likeness (QED) is 0.250. The fourth-order valence-corrected chi connectivity index (χ4v) is 4.51. The molecule has 2 rings (SSSR count). The lowest BCUT2D eigenvalue weighted by molar-refractivity contribution is -0.111. The number of nitrogens with zero attached hydrogens (tertiary/aromatic N) is 2. The van der Waals surface area contributed by atoms with Gasteiger partial charge in [-0.05, 0) is 46.1 Å². The first-order valence-corrected chi connectivity index (χ1v) is 10.5. The van der Waals surface area contributed by atoms with Crippen molar-refractivity contribution in [3.05, 3.63) is 28.2 Å². The molecule has 1 heterocycles. The van der Waals surface area contributed by atoms with Crippen LogP contribution in [0.5, 0.6) is 11.5 Å². The highest BCUT2D eigenvalue weighted by molar-refractivity contribution is 9.10. The molecule has 26 heavy (non-hydrogen) atoms. The number of aromatic nitrogens is 2. The normalized spacial score (nSPS) is 10.9. The van der Waals surface area contributed by atoms with Crippen LogP contribution in [0.3, 0.4) is 0 Å². The second kappa shape index (κ2) is 10.5.